The van der Waals surface area contributed by atoms with E-state index in [-0.39, 0.29) is 29.4 Å². The monoisotopic (exact) mass is 284 g/mol. The van der Waals surface area contributed by atoms with Crippen LogP contribution in [0.2, 0.25) is 0 Å². The smallest absolute Gasteiger partial charge is 0.394 e. The van der Waals surface area contributed by atoms with Crippen molar-refractivity contribution in [2.24, 2.45) is 0 Å². The third-order valence-corrected chi connectivity index (χ3v) is 3.53. The number of rotatable bonds is 4. The van der Waals surface area contributed by atoms with Gasteiger partial charge in [-0.25, -0.2) is 9.28 Å². The summed E-state index contributed by atoms with van der Waals surface area (Å²) in [5.41, 5.74) is 0.0692. The normalized spacial score (nSPS) is 17.1. The lowest BCUT2D eigenvalue weighted by molar-refractivity contribution is -0.814. The Morgan fingerprint density at radius 2 is 2.25 bits per heavy atom. The van der Waals surface area contributed by atoms with Crippen molar-refractivity contribution in [3.8, 4) is 0 Å². The molecular formula is C11H18N5O4+. The zero-order valence-corrected chi connectivity index (χ0v) is 11.3. The van der Waals surface area contributed by atoms with E-state index in [1.54, 1.807) is 0 Å². The van der Waals surface area contributed by atoms with E-state index in [1.165, 1.54) is 10.9 Å². The number of nitro groups is 1. The van der Waals surface area contributed by atoms with Gasteiger partial charge in [-0.2, -0.15) is 4.68 Å². The van der Waals surface area contributed by atoms with Gasteiger partial charge in [-0.3, -0.25) is 5.32 Å². The summed E-state index contributed by atoms with van der Waals surface area (Å²) in [4.78, 5) is 22.5. The summed E-state index contributed by atoms with van der Waals surface area (Å²) in [7, 11) is 1.81. The van der Waals surface area contributed by atoms with Crippen LogP contribution in [0, 0.1) is 10.1 Å². The largest absolute Gasteiger partial charge is 0.421 e. The average Bonchev–Trinajstić information content (AvgIpc) is 2.98. The van der Waals surface area contributed by atoms with Crippen LogP contribution >= 0.6 is 0 Å². The van der Waals surface area contributed by atoms with Crippen molar-refractivity contribution in [3.05, 3.63) is 16.3 Å². The average molecular weight is 284 g/mol. The second kappa shape index (κ2) is 5.55. The standard InChI is InChI=1S/C11H17N5O4/c1-16(5-2-3-6-16)11(18)12-9-8-14(4-7-17)13-10(9)15(19)20/h8,17H,2-7H2,1H3/p+1. The van der Waals surface area contributed by atoms with Crippen LogP contribution in [0.5, 0.6) is 0 Å². The Labute approximate surface area is 115 Å². The molecule has 1 fully saturated rings. The number of likely N-dealkylation sites (tertiary alicyclic amines) is 1. The maximum absolute atomic E-state index is 12.2. The minimum atomic E-state index is -0.645. The number of nitrogens with zero attached hydrogens (tertiary/aromatic N) is 4. The van der Waals surface area contributed by atoms with Gasteiger partial charge < -0.3 is 15.2 Å². The van der Waals surface area contributed by atoms with Crippen molar-refractivity contribution in [2.75, 3.05) is 32.1 Å². The molecule has 2 amide bonds. The third kappa shape index (κ3) is 2.78. The highest BCUT2D eigenvalue weighted by Crippen LogP contribution is 2.25. The molecular weight excluding hydrogens is 266 g/mol. The van der Waals surface area contributed by atoms with Gasteiger partial charge in [-0.1, -0.05) is 0 Å². The Balaban J connectivity index is 2.19. The SMILES string of the molecule is C[N+]1(C(=O)Nc2cn(CCO)nc2[N+](=O)[O-])CCCC1. The number of nitrogens with one attached hydrogen (secondary N) is 1. The van der Waals surface area contributed by atoms with E-state index in [0.717, 1.165) is 25.9 Å². The summed E-state index contributed by atoms with van der Waals surface area (Å²) < 4.78 is 1.47. The van der Waals surface area contributed by atoms with Crippen LogP contribution in [0.25, 0.3) is 0 Å². The van der Waals surface area contributed by atoms with Crippen molar-refractivity contribution in [1.29, 1.82) is 0 Å². The maximum Gasteiger partial charge on any atom is 0.421 e. The quantitative estimate of drug-likeness (QED) is 0.476. The number of amides is 2. The van der Waals surface area contributed by atoms with Gasteiger partial charge in [0.2, 0.25) is 0 Å². The van der Waals surface area contributed by atoms with Crippen LogP contribution < -0.4 is 5.32 Å². The number of urea groups is 1. The van der Waals surface area contributed by atoms with Crippen molar-refractivity contribution in [2.45, 2.75) is 19.4 Å². The van der Waals surface area contributed by atoms with E-state index in [2.05, 4.69) is 10.4 Å². The van der Waals surface area contributed by atoms with E-state index in [4.69, 9.17) is 5.11 Å². The highest BCUT2D eigenvalue weighted by Gasteiger charge is 2.37. The van der Waals surface area contributed by atoms with Gasteiger partial charge in [0.25, 0.3) is 0 Å². The molecule has 0 aromatic carbocycles. The molecule has 0 bridgehead atoms. The van der Waals surface area contributed by atoms with E-state index >= 15 is 0 Å². The first-order valence-corrected chi connectivity index (χ1v) is 6.45. The number of aromatic nitrogens is 2. The number of aliphatic hydroxyl groups is 1. The van der Waals surface area contributed by atoms with Gasteiger partial charge in [-0.15, -0.1) is 0 Å². The van der Waals surface area contributed by atoms with Gasteiger partial charge in [-0.05, 0) is 4.92 Å². The molecule has 1 aliphatic heterocycles. The van der Waals surface area contributed by atoms with Crippen LogP contribution in [0.1, 0.15) is 12.8 Å². The predicted molar refractivity (Wildman–Crippen MR) is 70.1 cm³/mol. The molecule has 0 saturated carbocycles. The number of quaternary nitrogens is 1. The first kappa shape index (κ1) is 14.4. The number of anilines is 1. The van der Waals surface area contributed by atoms with Crippen molar-refractivity contribution >= 4 is 17.5 Å². The van der Waals surface area contributed by atoms with Crippen LogP contribution in [0.3, 0.4) is 0 Å². The number of carbonyl (C=O) groups is 1. The first-order chi connectivity index (χ1) is 9.46. The molecule has 0 spiro atoms. The summed E-state index contributed by atoms with van der Waals surface area (Å²) in [6, 6.07) is -0.269. The molecule has 2 N–H and O–H groups in total. The lowest BCUT2D eigenvalue weighted by atomic mass is 10.4. The third-order valence-electron chi connectivity index (χ3n) is 3.53. The van der Waals surface area contributed by atoms with Gasteiger partial charge in [0, 0.05) is 12.8 Å². The summed E-state index contributed by atoms with van der Waals surface area (Å²) in [6.45, 7) is 1.41. The van der Waals surface area contributed by atoms with Gasteiger partial charge >= 0.3 is 11.8 Å². The Morgan fingerprint density at radius 3 is 2.80 bits per heavy atom. The van der Waals surface area contributed by atoms with E-state index < -0.39 is 10.7 Å². The zero-order chi connectivity index (χ0) is 14.8. The van der Waals surface area contributed by atoms with E-state index in [0.29, 0.717) is 0 Å². The molecule has 9 heteroatoms. The lowest BCUT2D eigenvalue weighted by Gasteiger charge is -2.25. The Kier molecular flexibility index (Phi) is 4.00. The lowest BCUT2D eigenvalue weighted by Crippen LogP contribution is -2.49. The summed E-state index contributed by atoms with van der Waals surface area (Å²) >= 11 is 0. The fourth-order valence-corrected chi connectivity index (χ4v) is 2.34. The van der Waals surface area contributed by atoms with Crippen molar-refractivity contribution in [1.82, 2.24) is 9.78 Å². The molecule has 2 heterocycles. The van der Waals surface area contributed by atoms with Crippen LogP contribution in [-0.2, 0) is 6.54 Å². The molecule has 1 aliphatic rings. The fourth-order valence-electron chi connectivity index (χ4n) is 2.34. The molecule has 9 nitrogen and oxygen atoms in total. The molecule has 0 atom stereocenters. The van der Waals surface area contributed by atoms with Gasteiger partial charge in [0.05, 0.1) is 44.6 Å². The molecule has 2 rings (SSSR count). The van der Waals surface area contributed by atoms with Gasteiger partial charge in [0.1, 0.15) is 0 Å². The van der Waals surface area contributed by atoms with Crippen molar-refractivity contribution in [3.63, 3.8) is 0 Å². The van der Waals surface area contributed by atoms with Crippen molar-refractivity contribution < 1.29 is 19.3 Å². The maximum atomic E-state index is 12.2. The number of hydrogen-bond acceptors (Lipinski definition) is 5. The molecule has 1 saturated heterocycles. The topological polar surface area (TPSA) is 110 Å². The summed E-state index contributed by atoms with van der Waals surface area (Å²) in [5.74, 6) is -0.405. The van der Waals surface area contributed by atoms with E-state index in [9.17, 15) is 14.9 Å². The summed E-state index contributed by atoms with van der Waals surface area (Å²) in [5, 5.41) is 26.1. The molecule has 20 heavy (non-hydrogen) atoms. The number of aliphatic hydroxyl groups excluding tert-OH is 1. The number of hydrogen-bond donors (Lipinski definition) is 2. The molecule has 0 unspecified atom stereocenters. The zero-order valence-electron chi connectivity index (χ0n) is 11.3. The Hall–Kier alpha value is -2.00. The minimum Gasteiger partial charge on any atom is -0.394 e. The predicted octanol–water partition coefficient (Wildman–Crippen LogP) is 0.556. The van der Waals surface area contributed by atoms with Crippen LogP contribution in [0.4, 0.5) is 16.3 Å². The van der Waals surface area contributed by atoms with Crippen LogP contribution in [0.15, 0.2) is 6.20 Å². The Morgan fingerprint density at radius 1 is 1.60 bits per heavy atom. The molecule has 0 radical (unpaired) electrons. The fraction of sp³-hybridized carbons (Fsp3) is 0.636. The molecule has 1 aromatic heterocycles. The first-order valence-electron chi connectivity index (χ1n) is 6.45. The Bertz CT molecular complexity index is 521. The molecule has 0 aliphatic carbocycles. The van der Waals surface area contributed by atoms with E-state index in [1.807, 2.05) is 7.05 Å². The number of carbonyl (C=O) groups excluding carboxylic acids is 1. The molecule has 1 aromatic rings. The van der Waals surface area contributed by atoms with Crippen LogP contribution in [-0.4, -0.2) is 57.1 Å². The second-order valence-corrected chi connectivity index (χ2v) is 5.09. The van der Waals surface area contributed by atoms with Gasteiger partial charge in [0.15, 0.2) is 5.69 Å². The highest BCUT2D eigenvalue weighted by atomic mass is 16.6. The molecule has 110 valence electrons. The highest BCUT2D eigenvalue weighted by molar-refractivity contribution is 5.86. The minimum absolute atomic E-state index is 0.0692. The summed E-state index contributed by atoms with van der Waals surface area (Å²) in [6.07, 6.45) is 3.31. The second-order valence-electron chi connectivity index (χ2n) is 5.09.